The van der Waals surface area contributed by atoms with Crippen molar-refractivity contribution in [3.8, 4) is 0 Å². The highest BCUT2D eigenvalue weighted by Gasteiger charge is 2.52. The Kier molecular flexibility index (Phi) is 4.29. The minimum atomic E-state index is 0.105. The van der Waals surface area contributed by atoms with Crippen molar-refractivity contribution in [1.29, 1.82) is 0 Å². The highest BCUT2D eigenvalue weighted by Crippen LogP contribution is 2.46. The molecule has 0 spiro atoms. The van der Waals surface area contributed by atoms with Gasteiger partial charge in [0, 0.05) is 24.3 Å². The van der Waals surface area contributed by atoms with Crippen molar-refractivity contribution in [1.82, 2.24) is 4.52 Å². The lowest BCUT2D eigenvalue weighted by atomic mass is 9.72. The fourth-order valence-electron chi connectivity index (χ4n) is 6.38. The van der Waals surface area contributed by atoms with Gasteiger partial charge < -0.3 is 0 Å². The summed E-state index contributed by atoms with van der Waals surface area (Å²) in [5.74, 6) is 0.528. The lowest BCUT2D eigenvalue weighted by molar-refractivity contribution is -0.805. The summed E-state index contributed by atoms with van der Waals surface area (Å²) < 4.78 is 5.27. The Hall–Kier alpha value is -2.35. The molecule has 2 aromatic heterocycles. The number of para-hydroxylation sites is 2. The molecule has 0 fully saturated rings. The quantitative estimate of drug-likeness (QED) is 0.322. The maximum absolute atomic E-state index is 2.68. The second-order valence-corrected chi connectivity index (χ2v) is 10.4. The van der Waals surface area contributed by atoms with Crippen molar-refractivity contribution in [3.05, 3.63) is 59.7 Å². The van der Waals surface area contributed by atoms with Crippen LogP contribution in [-0.4, -0.2) is 4.52 Å². The van der Waals surface area contributed by atoms with E-state index in [1.54, 1.807) is 5.56 Å². The molecule has 0 saturated heterocycles. The molecule has 2 heteroatoms. The molecule has 0 radical (unpaired) electrons. The van der Waals surface area contributed by atoms with Crippen molar-refractivity contribution < 1.29 is 4.68 Å². The molecule has 156 valence electrons. The summed E-state index contributed by atoms with van der Waals surface area (Å²) in [7, 11) is 0. The molecule has 30 heavy (non-hydrogen) atoms. The predicted octanol–water partition coefficient (Wildman–Crippen LogP) is 7.14. The van der Waals surface area contributed by atoms with Crippen LogP contribution in [0.3, 0.4) is 0 Å². The summed E-state index contributed by atoms with van der Waals surface area (Å²) >= 11 is 0. The summed E-state index contributed by atoms with van der Waals surface area (Å²) in [6.07, 6.45) is 4.54. The van der Waals surface area contributed by atoms with Gasteiger partial charge in [0.05, 0.1) is 11.3 Å². The Morgan fingerprint density at radius 1 is 0.933 bits per heavy atom. The van der Waals surface area contributed by atoms with Gasteiger partial charge in [-0.1, -0.05) is 76.6 Å². The molecule has 1 unspecified atom stereocenters. The smallest absolute Gasteiger partial charge is 0.119 e. The van der Waals surface area contributed by atoms with E-state index in [0.29, 0.717) is 5.92 Å². The predicted molar refractivity (Wildman–Crippen MR) is 127 cm³/mol. The second kappa shape index (κ2) is 6.57. The number of aromatic nitrogens is 2. The molecule has 3 heterocycles. The van der Waals surface area contributed by atoms with E-state index in [-0.39, 0.29) is 11.0 Å². The van der Waals surface area contributed by atoms with Gasteiger partial charge in [0.1, 0.15) is 11.0 Å². The van der Waals surface area contributed by atoms with Gasteiger partial charge in [0.15, 0.2) is 5.54 Å². The maximum Gasteiger partial charge on any atom is 0.240 e. The minimum absolute atomic E-state index is 0.105. The molecule has 2 aromatic carbocycles. The molecule has 2 nitrogen and oxygen atoms in total. The van der Waals surface area contributed by atoms with Gasteiger partial charge >= 0.3 is 0 Å². The lowest BCUT2D eigenvalue weighted by Crippen LogP contribution is -2.64. The Labute approximate surface area is 180 Å². The number of nitrogens with zero attached hydrogens (tertiary/aromatic N) is 2. The van der Waals surface area contributed by atoms with E-state index in [4.69, 9.17) is 0 Å². The van der Waals surface area contributed by atoms with Crippen molar-refractivity contribution in [2.24, 2.45) is 5.41 Å². The van der Waals surface area contributed by atoms with Crippen LogP contribution in [0.15, 0.2) is 48.5 Å². The lowest BCUT2D eigenvalue weighted by Gasteiger charge is -2.37. The third-order valence-corrected chi connectivity index (χ3v) is 7.57. The summed E-state index contributed by atoms with van der Waals surface area (Å²) in [4.78, 5) is 0. The van der Waals surface area contributed by atoms with Crippen molar-refractivity contribution >= 4 is 27.3 Å². The fraction of sp³-hybridized carbons (Fsp3) is 0.464. The Morgan fingerprint density at radius 3 is 2.30 bits per heavy atom. The van der Waals surface area contributed by atoms with E-state index in [1.807, 2.05) is 0 Å². The third kappa shape index (κ3) is 2.46. The average molecular weight is 400 g/mol. The number of pyridine rings is 1. The normalized spacial score (nSPS) is 18.1. The van der Waals surface area contributed by atoms with E-state index in [9.17, 15) is 0 Å². The standard InChI is InChI=1S/C28H35N2/c1-7-23-21-15-12-14-20-19(18-27(4,5)6)17-25-22-13-10-11-16-24(22)30(29(25)26(20)21)28(23,8-2)9-3/h10-17,23H,7-9,18H2,1-6H3/q+1. The topological polar surface area (TPSA) is 8.29 Å². The zero-order chi connectivity index (χ0) is 21.3. The molecule has 0 N–H and O–H groups in total. The highest BCUT2D eigenvalue weighted by atomic mass is 15.4. The molecule has 0 aliphatic carbocycles. The average Bonchev–Trinajstić information content (AvgIpc) is 3.06. The number of benzene rings is 2. The van der Waals surface area contributed by atoms with Crippen LogP contribution in [-0.2, 0) is 12.0 Å². The van der Waals surface area contributed by atoms with Gasteiger partial charge in [-0.25, -0.2) is 0 Å². The van der Waals surface area contributed by atoms with Crippen molar-refractivity contribution in [2.45, 2.75) is 78.7 Å². The number of hydrogen-bond acceptors (Lipinski definition) is 0. The Morgan fingerprint density at radius 2 is 1.63 bits per heavy atom. The van der Waals surface area contributed by atoms with E-state index in [2.05, 4.69) is 99.3 Å². The molecule has 5 rings (SSSR count). The first-order chi connectivity index (χ1) is 14.4. The largest absolute Gasteiger partial charge is 0.240 e. The highest BCUT2D eigenvalue weighted by molar-refractivity contribution is 5.98. The fourth-order valence-corrected chi connectivity index (χ4v) is 6.38. The van der Waals surface area contributed by atoms with Gasteiger partial charge in [-0.05, 0) is 41.5 Å². The van der Waals surface area contributed by atoms with E-state index in [1.165, 1.54) is 32.9 Å². The maximum atomic E-state index is 2.68. The van der Waals surface area contributed by atoms with E-state index < -0.39 is 0 Å². The number of fused-ring (bicyclic) bond motifs is 3. The van der Waals surface area contributed by atoms with Crippen LogP contribution in [0.1, 0.15) is 77.8 Å². The Bertz CT molecular complexity index is 1270. The van der Waals surface area contributed by atoms with Gasteiger partial charge in [0.25, 0.3) is 0 Å². The van der Waals surface area contributed by atoms with Gasteiger partial charge in [-0.15, -0.1) is 4.52 Å². The van der Waals surface area contributed by atoms with Crippen molar-refractivity contribution in [3.63, 3.8) is 0 Å². The molecule has 1 atom stereocenters. The molecular formula is C28H35N2+. The van der Waals surface area contributed by atoms with Crippen LogP contribution < -0.4 is 4.68 Å². The van der Waals surface area contributed by atoms with Crippen LogP contribution in [0.25, 0.3) is 27.3 Å². The van der Waals surface area contributed by atoms with Crippen LogP contribution in [0.2, 0.25) is 0 Å². The van der Waals surface area contributed by atoms with Gasteiger partial charge in [-0.2, -0.15) is 0 Å². The molecule has 1 aliphatic rings. The van der Waals surface area contributed by atoms with E-state index >= 15 is 0 Å². The first-order valence-corrected chi connectivity index (χ1v) is 11.8. The summed E-state index contributed by atoms with van der Waals surface area (Å²) in [5, 5.41) is 2.82. The van der Waals surface area contributed by atoms with Crippen LogP contribution in [0, 0.1) is 5.41 Å². The van der Waals surface area contributed by atoms with Crippen LogP contribution in [0.5, 0.6) is 0 Å². The van der Waals surface area contributed by atoms with Gasteiger partial charge in [0.2, 0.25) is 5.52 Å². The minimum Gasteiger partial charge on any atom is -0.119 e. The molecular weight excluding hydrogens is 364 g/mol. The molecule has 1 aliphatic heterocycles. The Balaban J connectivity index is 2.06. The first-order valence-electron chi connectivity index (χ1n) is 11.8. The van der Waals surface area contributed by atoms with Crippen LogP contribution >= 0.6 is 0 Å². The van der Waals surface area contributed by atoms with Crippen LogP contribution in [0.4, 0.5) is 0 Å². The zero-order valence-corrected chi connectivity index (χ0v) is 19.4. The molecule has 0 bridgehead atoms. The van der Waals surface area contributed by atoms with Crippen molar-refractivity contribution in [2.75, 3.05) is 0 Å². The number of rotatable bonds is 4. The third-order valence-electron chi connectivity index (χ3n) is 7.57. The monoisotopic (exact) mass is 399 g/mol. The van der Waals surface area contributed by atoms with E-state index in [0.717, 1.165) is 25.7 Å². The second-order valence-electron chi connectivity index (χ2n) is 10.4. The van der Waals surface area contributed by atoms with Gasteiger partial charge in [-0.3, -0.25) is 0 Å². The molecule has 0 saturated carbocycles. The molecule has 4 aromatic rings. The summed E-state index contributed by atoms with van der Waals surface area (Å²) in [5.41, 5.74) is 7.57. The molecule has 0 amide bonds. The SMILES string of the molecule is CCC1c2cccc3c(CC(C)(C)C)cc4c5ccccc5[n+](n4c23)C1(CC)CC. The summed E-state index contributed by atoms with van der Waals surface area (Å²) in [6, 6.07) is 18.6. The number of hydrogen-bond donors (Lipinski definition) is 0. The first kappa shape index (κ1) is 19.6. The zero-order valence-electron chi connectivity index (χ0n) is 19.4. The summed E-state index contributed by atoms with van der Waals surface area (Å²) in [6.45, 7) is 14.2.